The Morgan fingerprint density at radius 2 is 1.72 bits per heavy atom. The minimum Gasteiger partial charge on any atom is -0.326 e. The average Bonchev–Trinajstić information content (AvgIpc) is 2.77. The fraction of sp³-hybridized carbons (Fsp3) is 0.0870. The predicted molar refractivity (Wildman–Crippen MR) is 122 cm³/mol. The van der Waals surface area contributed by atoms with Gasteiger partial charge in [-0.3, -0.25) is 19.3 Å². The fourth-order valence-corrected chi connectivity index (χ4v) is 3.72. The molecule has 0 aliphatic carbocycles. The molecule has 6 nitrogen and oxygen atoms in total. The molecule has 0 aromatic heterocycles. The Bertz CT molecular complexity index is 1220. The Morgan fingerprint density at radius 1 is 1.00 bits per heavy atom. The van der Waals surface area contributed by atoms with Gasteiger partial charge in [0.25, 0.3) is 5.91 Å². The van der Waals surface area contributed by atoms with Crippen LogP contribution in [0.1, 0.15) is 16.8 Å². The van der Waals surface area contributed by atoms with Crippen LogP contribution in [-0.4, -0.2) is 23.8 Å². The van der Waals surface area contributed by atoms with E-state index in [0.717, 1.165) is 12.1 Å². The number of nitrogens with one attached hydrogen (secondary N) is 2. The summed E-state index contributed by atoms with van der Waals surface area (Å²) in [5.74, 6) is -2.03. The Balaban J connectivity index is 1.64. The van der Waals surface area contributed by atoms with Crippen LogP contribution in [0.25, 0.3) is 0 Å². The van der Waals surface area contributed by atoms with E-state index in [1.165, 1.54) is 29.2 Å². The number of fused-ring (bicyclic) bond motifs is 1. The lowest BCUT2D eigenvalue weighted by Gasteiger charge is -2.36. The van der Waals surface area contributed by atoms with Gasteiger partial charge < -0.3 is 10.6 Å². The molecule has 4 rings (SSSR count). The number of carbonyl (C=O) groups is 3. The Hall–Kier alpha value is -3.42. The van der Waals surface area contributed by atoms with Crippen LogP contribution >= 0.6 is 23.2 Å². The smallest absolute Gasteiger partial charge is 0.259 e. The molecule has 1 atom stereocenters. The summed E-state index contributed by atoms with van der Waals surface area (Å²) in [6.07, 6.45) is -0.312. The molecule has 162 valence electrons. The quantitative estimate of drug-likeness (QED) is 0.553. The Morgan fingerprint density at radius 3 is 2.44 bits per heavy atom. The zero-order chi connectivity index (χ0) is 22.8. The highest BCUT2D eigenvalue weighted by atomic mass is 35.5. The van der Waals surface area contributed by atoms with E-state index in [1.54, 1.807) is 30.3 Å². The number of carbonyl (C=O) groups excluding carboxylic acids is 3. The number of amides is 3. The molecule has 0 radical (unpaired) electrons. The molecule has 3 aromatic rings. The summed E-state index contributed by atoms with van der Waals surface area (Å²) in [6.45, 7) is 0. The molecule has 0 unspecified atom stereocenters. The van der Waals surface area contributed by atoms with Crippen molar-refractivity contribution in [2.24, 2.45) is 0 Å². The molecule has 9 heteroatoms. The number of anilines is 3. The van der Waals surface area contributed by atoms with Gasteiger partial charge in [-0.15, -0.1) is 0 Å². The standard InChI is InChI=1S/C23H16Cl2FN3O3/c24-16-10-9-15(11-17(16)25)27-21(30)12-20-22(31)28-18-3-1-2-4-19(18)29(20)23(32)13-5-7-14(26)8-6-13/h1-11,20H,12H2,(H,27,30)(H,28,31)/t20-/m1/s1. The van der Waals surface area contributed by atoms with Gasteiger partial charge in [-0.1, -0.05) is 35.3 Å². The zero-order valence-corrected chi connectivity index (χ0v) is 18.0. The molecule has 0 bridgehead atoms. The molecule has 1 heterocycles. The van der Waals surface area contributed by atoms with E-state index >= 15 is 0 Å². The number of halogens is 3. The molecule has 0 saturated carbocycles. The minimum absolute atomic E-state index is 0.186. The van der Waals surface area contributed by atoms with E-state index < -0.39 is 29.6 Å². The maximum Gasteiger partial charge on any atom is 0.259 e. The van der Waals surface area contributed by atoms with E-state index in [1.807, 2.05) is 0 Å². The van der Waals surface area contributed by atoms with Gasteiger partial charge in [-0.25, -0.2) is 4.39 Å². The van der Waals surface area contributed by atoms with Gasteiger partial charge in [0.05, 0.1) is 27.8 Å². The average molecular weight is 472 g/mol. The maximum absolute atomic E-state index is 13.3. The summed E-state index contributed by atoms with van der Waals surface area (Å²) < 4.78 is 13.3. The molecular formula is C23H16Cl2FN3O3. The van der Waals surface area contributed by atoms with E-state index in [4.69, 9.17) is 23.2 Å². The van der Waals surface area contributed by atoms with Gasteiger partial charge in [-0.05, 0) is 54.6 Å². The van der Waals surface area contributed by atoms with E-state index in [2.05, 4.69) is 10.6 Å². The number of benzene rings is 3. The molecule has 0 fully saturated rings. The van der Waals surface area contributed by atoms with Gasteiger partial charge in [0.15, 0.2) is 0 Å². The third-order valence-corrected chi connectivity index (χ3v) is 5.67. The molecular weight excluding hydrogens is 456 g/mol. The topological polar surface area (TPSA) is 78.5 Å². The van der Waals surface area contributed by atoms with Crippen molar-refractivity contribution in [3.63, 3.8) is 0 Å². The molecule has 1 aliphatic heterocycles. The normalized spacial score (nSPS) is 15.0. The third-order valence-electron chi connectivity index (χ3n) is 4.93. The third kappa shape index (κ3) is 4.44. The molecule has 32 heavy (non-hydrogen) atoms. The van der Waals surface area contributed by atoms with Crippen molar-refractivity contribution >= 4 is 58.0 Å². The number of nitrogens with zero attached hydrogens (tertiary/aromatic N) is 1. The number of para-hydroxylation sites is 2. The minimum atomic E-state index is -1.12. The van der Waals surface area contributed by atoms with E-state index in [9.17, 15) is 18.8 Å². The highest BCUT2D eigenvalue weighted by Crippen LogP contribution is 2.34. The lowest BCUT2D eigenvalue weighted by molar-refractivity contribution is -0.122. The van der Waals surface area contributed by atoms with Crippen LogP contribution in [-0.2, 0) is 9.59 Å². The molecule has 1 aliphatic rings. The summed E-state index contributed by atoms with van der Waals surface area (Å²) in [5, 5.41) is 5.99. The zero-order valence-electron chi connectivity index (χ0n) is 16.4. The van der Waals surface area contributed by atoms with Crippen molar-refractivity contribution < 1.29 is 18.8 Å². The first-order valence-electron chi connectivity index (χ1n) is 9.57. The van der Waals surface area contributed by atoms with Crippen LogP contribution in [0.4, 0.5) is 21.5 Å². The first kappa shape index (κ1) is 21.8. The fourth-order valence-electron chi connectivity index (χ4n) is 3.42. The lowest BCUT2D eigenvalue weighted by Crippen LogP contribution is -2.52. The van der Waals surface area contributed by atoms with Gasteiger partial charge in [0, 0.05) is 11.3 Å². The second-order valence-electron chi connectivity index (χ2n) is 7.09. The van der Waals surface area contributed by atoms with Crippen molar-refractivity contribution in [1.82, 2.24) is 0 Å². The van der Waals surface area contributed by atoms with Crippen molar-refractivity contribution in [2.75, 3.05) is 15.5 Å². The maximum atomic E-state index is 13.3. The van der Waals surface area contributed by atoms with Crippen molar-refractivity contribution in [3.8, 4) is 0 Å². The summed E-state index contributed by atoms with van der Waals surface area (Å²) >= 11 is 11.9. The predicted octanol–water partition coefficient (Wildman–Crippen LogP) is 5.13. The van der Waals surface area contributed by atoms with Crippen molar-refractivity contribution in [3.05, 3.63) is 88.2 Å². The Labute approximate surface area is 192 Å². The molecule has 0 saturated heterocycles. The number of hydrogen-bond donors (Lipinski definition) is 2. The van der Waals surface area contributed by atoms with Crippen LogP contribution in [0.5, 0.6) is 0 Å². The highest BCUT2D eigenvalue weighted by Gasteiger charge is 2.38. The second kappa shape index (κ2) is 8.98. The Kier molecular flexibility index (Phi) is 6.12. The second-order valence-corrected chi connectivity index (χ2v) is 7.90. The summed E-state index contributed by atoms with van der Waals surface area (Å²) in [6, 6.07) is 15.2. The SMILES string of the molecule is O=C(C[C@@H]1C(=O)Nc2ccccc2N1C(=O)c1ccc(F)cc1)Nc1ccc(Cl)c(Cl)c1. The van der Waals surface area contributed by atoms with Crippen LogP contribution in [0.2, 0.25) is 10.0 Å². The largest absolute Gasteiger partial charge is 0.326 e. The lowest BCUT2D eigenvalue weighted by atomic mass is 10.0. The van der Waals surface area contributed by atoms with Gasteiger partial charge in [0.2, 0.25) is 11.8 Å². The van der Waals surface area contributed by atoms with Gasteiger partial charge in [0.1, 0.15) is 11.9 Å². The molecule has 3 aromatic carbocycles. The summed E-state index contributed by atoms with van der Waals surface area (Å²) in [5.41, 5.74) is 1.46. The van der Waals surface area contributed by atoms with Crippen molar-refractivity contribution in [2.45, 2.75) is 12.5 Å². The van der Waals surface area contributed by atoms with Crippen molar-refractivity contribution in [1.29, 1.82) is 0 Å². The van der Waals surface area contributed by atoms with Crippen LogP contribution < -0.4 is 15.5 Å². The molecule has 3 amide bonds. The number of rotatable bonds is 4. The number of hydrogen-bond acceptors (Lipinski definition) is 3. The highest BCUT2D eigenvalue weighted by molar-refractivity contribution is 6.42. The van der Waals surface area contributed by atoms with E-state index in [-0.39, 0.29) is 17.0 Å². The first-order valence-corrected chi connectivity index (χ1v) is 10.3. The van der Waals surface area contributed by atoms with Crippen LogP contribution in [0.15, 0.2) is 66.7 Å². The molecule has 2 N–H and O–H groups in total. The van der Waals surface area contributed by atoms with Gasteiger partial charge >= 0.3 is 0 Å². The van der Waals surface area contributed by atoms with E-state index in [0.29, 0.717) is 22.1 Å². The molecule has 0 spiro atoms. The van der Waals surface area contributed by atoms with Crippen LogP contribution in [0.3, 0.4) is 0 Å². The van der Waals surface area contributed by atoms with Gasteiger partial charge in [-0.2, -0.15) is 0 Å². The summed E-state index contributed by atoms with van der Waals surface area (Å²) in [7, 11) is 0. The first-order chi connectivity index (χ1) is 15.3. The monoisotopic (exact) mass is 471 g/mol. The van der Waals surface area contributed by atoms with Crippen LogP contribution in [0, 0.1) is 5.82 Å². The summed E-state index contributed by atoms with van der Waals surface area (Å²) in [4.78, 5) is 40.2.